The average molecular weight is 597 g/mol. The number of benzene rings is 2. The summed E-state index contributed by atoms with van der Waals surface area (Å²) in [6.45, 7) is 2.62. The normalized spacial score (nSPS) is 18.7. The summed E-state index contributed by atoms with van der Waals surface area (Å²) in [6.07, 6.45) is 7.22. The number of hydrogen-bond donors (Lipinski definition) is 4. The Bertz CT molecular complexity index is 1400. The number of nitrogens with zero attached hydrogens (tertiary/aromatic N) is 3. The van der Waals surface area contributed by atoms with Crippen LogP contribution in [0.1, 0.15) is 68.9 Å². The van der Waals surface area contributed by atoms with Crippen LogP contribution in [0.25, 0.3) is 0 Å². The van der Waals surface area contributed by atoms with E-state index >= 15 is 4.39 Å². The van der Waals surface area contributed by atoms with Gasteiger partial charge in [-0.2, -0.15) is 0 Å². The number of aromatic nitrogens is 2. The molecule has 10 nitrogen and oxygen atoms in total. The van der Waals surface area contributed by atoms with Gasteiger partial charge in [0.1, 0.15) is 23.3 Å². The number of phenols is 1. The molecule has 0 unspecified atom stereocenters. The topological polar surface area (TPSA) is 137 Å². The van der Waals surface area contributed by atoms with E-state index in [-0.39, 0.29) is 53.1 Å². The van der Waals surface area contributed by atoms with E-state index in [4.69, 9.17) is 0 Å². The fourth-order valence-corrected chi connectivity index (χ4v) is 5.36. The molecule has 0 spiro atoms. The van der Waals surface area contributed by atoms with Crippen molar-refractivity contribution in [2.45, 2.75) is 44.2 Å². The van der Waals surface area contributed by atoms with Crippen LogP contribution in [0.4, 0.5) is 10.1 Å². The smallest absolute Gasteiger partial charge is 0.270 e. The quantitative estimate of drug-likeness (QED) is 0.305. The third-order valence-corrected chi connectivity index (χ3v) is 7.60. The van der Waals surface area contributed by atoms with Crippen LogP contribution in [-0.4, -0.2) is 70.9 Å². The van der Waals surface area contributed by atoms with Gasteiger partial charge in [-0.3, -0.25) is 14.4 Å². The lowest BCUT2D eigenvalue weighted by Crippen LogP contribution is -2.54. The first kappa shape index (κ1) is 30.9. The molecule has 12 heteroatoms. The molecule has 2 aliphatic heterocycles. The highest BCUT2D eigenvalue weighted by Crippen LogP contribution is 2.32. The predicted octanol–water partition coefficient (Wildman–Crippen LogP) is 3.24. The Balaban J connectivity index is 0.00000405. The highest BCUT2D eigenvalue weighted by atomic mass is 35.5. The molecular formula is C30H34ClFN6O4. The molecule has 2 aromatic carbocycles. The first-order chi connectivity index (χ1) is 19.9. The molecule has 4 N–H and O–H groups in total. The van der Waals surface area contributed by atoms with Gasteiger partial charge in [0.15, 0.2) is 11.6 Å². The number of rotatable bonds is 7. The van der Waals surface area contributed by atoms with Gasteiger partial charge in [0, 0.05) is 37.0 Å². The molecule has 222 valence electrons. The lowest BCUT2D eigenvalue weighted by Gasteiger charge is -2.29. The van der Waals surface area contributed by atoms with Crippen LogP contribution >= 0.6 is 12.4 Å². The molecule has 1 aromatic heterocycles. The zero-order valence-electron chi connectivity index (χ0n) is 23.0. The molecule has 0 radical (unpaired) electrons. The predicted molar refractivity (Wildman–Crippen MR) is 158 cm³/mol. The molecule has 2 amide bonds. The van der Waals surface area contributed by atoms with E-state index in [0.717, 1.165) is 32.2 Å². The maximum absolute atomic E-state index is 15.5. The van der Waals surface area contributed by atoms with Gasteiger partial charge in [-0.15, -0.1) is 12.4 Å². The van der Waals surface area contributed by atoms with Crippen molar-refractivity contribution in [3.8, 4) is 5.75 Å². The molecule has 5 rings (SSSR count). The molecule has 3 heterocycles. The molecule has 0 saturated carbocycles. The molecule has 2 aliphatic rings. The van der Waals surface area contributed by atoms with Gasteiger partial charge >= 0.3 is 0 Å². The minimum Gasteiger partial charge on any atom is -0.507 e. The van der Waals surface area contributed by atoms with Gasteiger partial charge in [-0.25, -0.2) is 14.4 Å². The zero-order valence-corrected chi connectivity index (χ0v) is 23.8. The van der Waals surface area contributed by atoms with E-state index in [2.05, 4.69) is 25.9 Å². The highest BCUT2D eigenvalue weighted by Gasteiger charge is 2.28. The molecule has 0 bridgehead atoms. The van der Waals surface area contributed by atoms with E-state index in [9.17, 15) is 19.5 Å². The van der Waals surface area contributed by atoms with E-state index in [1.54, 1.807) is 0 Å². The van der Waals surface area contributed by atoms with Crippen LogP contribution in [-0.2, 0) is 0 Å². The number of amides is 2. The minimum atomic E-state index is -0.740. The molecule has 42 heavy (non-hydrogen) atoms. The number of phenolic OH excluding ortho intramolecular Hbond substituents is 1. The van der Waals surface area contributed by atoms with Gasteiger partial charge < -0.3 is 26.0 Å². The highest BCUT2D eigenvalue weighted by molar-refractivity contribution is 6.11. The van der Waals surface area contributed by atoms with Gasteiger partial charge in [0.2, 0.25) is 0 Å². The molecule has 2 saturated heterocycles. The summed E-state index contributed by atoms with van der Waals surface area (Å²) in [5, 5.41) is 19.6. The fourth-order valence-electron chi connectivity index (χ4n) is 5.36. The Morgan fingerprint density at radius 3 is 2.33 bits per heavy atom. The Morgan fingerprint density at radius 2 is 1.62 bits per heavy atom. The van der Waals surface area contributed by atoms with Crippen LogP contribution in [0, 0.1) is 5.82 Å². The first-order valence-electron chi connectivity index (χ1n) is 13.9. The summed E-state index contributed by atoms with van der Waals surface area (Å²) in [4.78, 5) is 48.8. The molecule has 2 fully saturated rings. The monoisotopic (exact) mass is 596 g/mol. The lowest BCUT2D eigenvalue weighted by atomic mass is 9.98. The Hall–Kier alpha value is -4.09. The van der Waals surface area contributed by atoms with Crippen LogP contribution in [0.3, 0.4) is 0 Å². The molecule has 0 aliphatic carbocycles. The molecule has 2 atom stereocenters. The third-order valence-electron chi connectivity index (χ3n) is 7.60. The van der Waals surface area contributed by atoms with Crippen LogP contribution in [0.2, 0.25) is 0 Å². The number of halogens is 2. The van der Waals surface area contributed by atoms with Crippen molar-refractivity contribution in [2.24, 2.45) is 0 Å². The SMILES string of the molecule is Cl.O=C(N[C@@H]1CCCNC[C@H]1NC(=O)c1ccncn1)c1ccc(C(=O)c2c(O)ccc(N3CCCCC3)c2F)cc1. The van der Waals surface area contributed by atoms with Crippen molar-refractivity contribution < 1.29 is 23.9 Å². The van der Waals surface area contributed by atoms with Crippen molar-refractivity contribution in [1.29, 1.82) is 0 Å². The summed E-state index contributed by atoms with van der Waals surface area (Å²) < 4.78 is 15.5. The van der Waals surface area contributed by atoms with Crippen molar-refractivity contribution >= 4 is 35.7 Å². The van der Waals surface area contributed by atoms with Crippen molar-refractivity contribution in [2.75, 3.05) is 31.1 Å². The van der Waals surface area contributed by atoms with Crippen molar-refractivity contribution in [3.63, 3.8) is 0 Å². The fraction of sp³-hybridized carbons (Fsp3) is 0.367. The minimum absolute atomic E-state index is 0. The third kappa shape index (κ3) is 7.03. The Kier molecular flexibility index (Phi) is 10.4. The van der Waals surface area contributed by atoms with E-state index < -0.39 is 17.3 Å². The summed E-state index contributed by atoms with van der Waals surface area (Å²) in [5.74, 6) is -2.54. The van der Waals surface area contributed by atoms with Gasteiger partial charge in [0.25, 0.3) is 11.8 Å². The van der Waals surface area contributed by atoms with Gasteiger partial charge in [0.05, 0.1) is 17.8 Å². The average Bonchev–Trinajstić information content (AvgIpc) is 3.22. The zero-order chi connectivity index (χ0) is 28.8. The number of carbonyl (C=O) groups excluding carboxylic acids is 3. The summed E-state index contributed by atoms with van der Waals surface area (Å²) >= 11 is 0. The van der Waals surface area contributed by atoms with E-state index in [1.165, 1.54) is 55.0 Å². The van der Waals surface area contributed by atoms with Gasteiger partial charge in [-0.1, -0.05) is 12.1 Å². The summed E-state index contributed by atoms with van der Waals surface area (Å²) in [7, 11) is 0. The second kappa shape index (κ2) is 14.2. The van der Waals surface area contributed by atoms with Crippen molar-refractivity contribution in [3.05, 3.63) is 83.2 Å². The number of aromatic hydroxyl groups is 1. The second-order valence-electron chi connectivity index (χ2n) is 10.3. The second-order valence-corrected chi connectivity index (χ2v) is 10.3. The first-order valence-corrected chi connectivity index (χ1v) is 13.9. The molecule has 3 aromatic rings. The summed E-state index contributed by atoms with van der Waals surface area (Å²) in [5.41, 5.74) is 0.629. The Labute approximate surface area is 249 Å². The largest absolute Gasteiger partial charge is 0.507 e. The number of carbonyl (C=O) groups is 3. The standard InChI is InChI=1S/C30H33FN6O4.ClH/c31-27-24(37-15-2-1-3-16-37)10-11-25(38)26(27)28(39)19-6-8-20(9-7-19)29(40)35-21-5-4-13-32-17-23(21)36-30(41)22-12-14-33-18-34-22;/h6-12,14,18,21,23,32,38H,1-5,13,15-17H2,(H,35,40)(H,36,41);1H/t21-,23-;/m1./s1. The number of piperidine rings is 1. The maximum Gasteiger partial charge on any atom is 0.270 e. The Morgan fingerprint density at radius 1 is 0.905 bits per heavy atom. The van der Waals surface area contributed by atoms with E-state index in [1.807, 2.05) is 4.90 Å². The number of ketones is 1. The summed E-state index contributed by atoms with van der Waals surface area (Å²) in [6, 6.07) is 9.56. The van der Waals surface area contributed by atoms with Crippen LogP contribution in [0.5, 0.6) is 5.75 Å². The van der Waals surface area contributed by atoms with Gasteiger partial charge in [-0.05, 0) is 69.0 Å². The lowest BCUT2D eigenvalue weighted by molar-refractivity contribution is 0.0880. The maximum atomic E-state index is 15.5. The number of nitrogens with one attached hydrogen (secondary N) is 3. The van der Waals surface area contributed by atoms with Crippen molar-refractivity contribution in [1.82, 2.24) is 25.9 Å². The number of anilines is 1. The van der Waals surface area contributed by atoms with Crippen LogP contribution < -0.4 is 20.9 Å². The number of hydrogen-bond acceptors (Lipinski definition) is 8. The van der Waals surface area contributed by atoms with Crippen LogP contribution in [0.15, 0.2) is 55.0 Å². The van der Waals surface area contributed by atoms with E-state index in [0.29, 0.717) is 37.3 Å². The molecular weight excluding hydrogens is 563 g/mol.